The van der Waals surface area contributed by atoms with Gasteiger partial charge in [0.25, 0.3) is 5.91 Å². The van der Waals surface area contributed by atoms with Crippen molar-refractivity contribution in [2.75, 3.05) is 30.4 Å². The number of alkyl halides is 7. The maximum absolute atomic E-state index is 14.9. The van der Waals surface area contributed by atoms with Crippen LogP contribution in [0.3, 0.4) is 0 Å². The molecule has 0 aliphatic rings. The minimum Gasteiger partial charge on any atom is -0.466 e. The van der Waals surface area contributed by atoms with Crippen molar-refractivity contribution < 1.29 is 49.4 Å². The first kappa shape index (κ1) is 28.9. The molecule has 2 aromatic carbocycles. The number of ether oxygens (including phenoxy) is 1. The first-order chi connectivity index (χ1) is 16.6. The minimum absolute atomic E-state index is 0.00675. The lowest BCUT2D eigenvalue weighted by Gasteiger charge is -2.31. The summed E-state index contributed by atoms with van der Waals surface area (Å²) in [5.41, 5.74) is -8.38. The van der Waals surface area contributed by atoms with Crippen LogP contribution in [0.2, 0.25) is 0 Å². The lowest BCUT2D eigenvalue weighted by Crippen LogP contribution is -2.50. The molecular weight excluding hydrogens is 504 g/mol. The fraction of sp³-hybridized carbons (Fsp3) is 0.391. The third-order valence-corrected chi connectivity index (χ3v) is 5.22. The molecule has 198 valence electrons. The Balaban J connectivity index is 2.33. The molecule has 2 aromatic rings. The number of hydrogen-bond acceptors (Lipinski definition) is 4. The van der Waals surface area contributed by atoms with Gasteiger partial charge < -0.3 is 15.0 Å². The van der Waals surface area contributed by atoms with E-state index in [1.807, 2.05) is 0 Å². The number of anilines is 2. The monoisotopic (exact) mass is 526 g/mol. The maximum atomic E-state index is 14.9. The Labute approximate surface area is 201 Å². The highest BCUT2D eigenvalue weighted by atomic mass is 19.4. The zero-order valence-electron chi connectivity index (χ0n) is 19.3. The highest BCUT2D eigenvalue weighted by Crippen LogP contribution is 2.53. The molecule has 0 radical (unpaired) electrons. The topological polar surface area (TPSA) is 58.6 Å². The van der Waals surface area contributed by atoms with Crippen LogP contribution in [0.1, 0.15) is 34.8 Å². The van der Waals surface area contributed by atoms with E-state index < -0.39 is 46.8 Å². The summed E-state index contributed by atoms with van der Waals surface area (Å²) in [6.07, 6.45) is -12.7. The minimum atomic E-state index is -6.29. The van der Waals surface area contributed by atoms with Gasteiger partial charge >= 0.3 is 24.0 Å². The van der Waals surface area contributed by atoms with E-state index in [4.69, 9.17) is 4.74 Å². The molecule has 0 spiro atoms. The van der Waals surface area contributed by atoms with Gasteiger partial charge in [0.05, 0.1) is 24.3 Å². The standard InChI is InChI=1S/C23H22F8N2O3/c1-4-36-18(34)10-11-32-16-7-5-6-15(19(16)24)20(35)33(3)17-9-8-14(12-13(17)2)21(25,22(26,27)28)23(29,30)31/h5-9,12,32H,4,10-11H2,1-3H3. The number of carbonyl (C=O) groups is 2. The van der Waals surface area contributed by atoms with Crippen molar-refractivity contribution in [1.82, 2.24) is 0 Å². The molecule has 0 atom stereocenters. The second kappa shape index (κ2) is 10.7. The molecule has 0 bridgehead atoms. The highest BCUT2D eigenvalue weighted by Gasteiger charge is 2.73. The van der Waals surface area contributed by atoms with Gasteiger partial charge in [0, 0.05) is 24.8 Å². The molecule has 2 rings (SSSR count). The SMILES string of the molecule is CCOC(=O)CCNc1cccc(C(=O)N(C)c2ccc(C(F)(C(F)(F)F)C(F)(F)F)cc2C)c1F. The van der Waals surface area contributed by atoms with Crippen molar-refractivity contribution in [3.63, 3.8) is 0 Å². The molecule has 36 heavy (non-hydrogen) atoms. The van der Waals surface area contributed by atoms with Crippen molar-refractivity contribution in [3.05, 3.63) is 58.9 Å². The van der Waals surface area contributed by atoms with Crippen molar-refractivity contribution in [2.24, 2.45) is 0 Å². The van der Waals surface area contributed by atoms with Crippen LogP contribution in [0.25, 0.3) is 0 Å². The Morgan fingerprint density at radius 3 is 2.14 bits per heavy atom. The van der Waals surface area contributed by atoms with Gasteiger partial charge in [-0.05, 0) is 37.6 Å². The van der Waals surface area contributed by atoms with Gasteiger partial charge in [0.2, 0.25) is 0 Å². The number of rotatable bonds is 8. The van der Waals surface area contributed by atoms with Gasteiger partial charge in [-0.25, -0.2) is 8.78 Å². The number of hydrogen-bond donors (Lipinski definition) is 1. The molecule has 0 unspecified atom stereocenters. The molecular formula is C23H22F8N2O3. The summed E-state index contributed by atoms with van der Waals surface area (Å²) in [7, 11) is 1.13. The summed E-state index contributed by atoms with van der Waals surface area (Å²) >= 11 is 0. The predicted molar refractivity (Wildman–Crippen MR) is 115 cm³/mol. The van der Waals surface area contributed by atoms with Crippen LogP contribution >= 0.6 is 0 Å². The first-order valence-electron chi connectivity index (χ1n) is 10.5. The molecule has 1 amide bonds. The molecule has 0 saturated carbocycles. The normalized spacial score (nSPS) is 12.3. The zero-order valence-corrected chi connectivity index (χ0v) is 19.3. The lowest BCUT2D eigenvalue weighted by atomic mass is 9.92. The summed E-state index contributed by atoms with van der Waals surface area (Å²) in [5.74, 6) is -2.50. The van der Waals surface area contributed by atoms with Crippen LogP contribution in [0.5, 0.6) is 0 Å². The molecule has 13 heteroatoms. The first-order valence-corrected chi connectivity index (χ1v) is 10.5. The summed E-state index contributed by atoms with van der Waals surface area (Å²) in [4.78, 5) is 25.1. The Hall–Kier alpha value is -3.38. The van der Waals surface area contributed by atoms with Crippen LogP contribution in [-0.4, -0.2) is 44.4 Å². The summed E-state index contributed by atoms with van der Waals surface area (Å²) in [6.45, 7) is 2.86. The van der Waals surface area contributed by atoms with Crippen molar-refractivity contribution in [3.8, 4) is 0 Å². The maximum Gasteiger partial charge on any atom is 0.435 e. The zero-order chi connectivity index (χ0) is 27.5. The number of aryl methyl sites for hydroxylation is 1. The number of esters is 1. The Morgan fingerprint density at radius 2 is 1.61 bits per heavy atom. The van der Waals surface area contributed by atoms with Gasteiger partial charge in [-0.3, -0.25) is 9.59 Å². The third kappa shape index (κ3) is 5.71. The van der Waals surface area contributed by atoms with Crippen LogP contribution in [0, 0.1) is 12.7 Å². The van der Waals surface area contributed by atoms with E-state index in [-0.39, 0.29) is 42.6 Å². The number of amides is 1. The fourth-order valence-corrected chi connectivity index (χ4v) is 3.39. The highest BCUT2D eigenvalue weighted by molar-refractivity contribution is 6.06. The second-order valence-corrected chi connectivity index (χ2v) is 7.67. The average molecular weight is 526 g/mol. The van der Waals surface area contributed by atoms with E-state index in [1.54, 1.807) is 6.92 Å². The Kier molecular flexibility index (Phi) is 8.58. The van der Waals surface area contributed by atoms with E-state index in [0.29, 0.717) is 12.1 Å². The number of benzene rings is 2. The number of nitrogens with one attached hydrogen (secondary N) is 1. The predicted octanol–water partition coefficient (Wildman–Crippen LogP) is 6.07. The molecule has 5 nitrogen and oxygen atoms in total. The molecule has 0 fully saturated rings. The second-order valence-electron chi connectivity index (χ2n) is 7.67. The molecule has 0 aliphatic heterocycles. The van der Waals surface area contributed by atoms with Gasteiger partial charge in [-0.1, -0.05) is 18.2 Å². The van der Waals surface area contributed by atoms with Crippen LogP contribution in [0.15, 0.2) is 36.4 Å². The van der Waals surface area contributed by atoms with Crippen molar-refractivity contribution in [2.45, 2.75) is 38.3 Å². The van der Waals surface area contributed by atoms with Crippen molar-refractivity contribution >= 4 is 23.3 Å². The van der Waals surface area contributed by atoms with E-state index in [1.165, 1.54) is 12.1 Å². The molecule has 0 aliphatic carbocycles. The van der Waals surface area contributed by atoms with Gasteiger partial charge in [0.15, 0.2) is 5.82 Å². The Morgan fingerprint density at radius 1 is 1.00 bits per heavy atom. The van der Waals surface area contributed by atoms with Crippen LogP contribution in [0.4, 0.5) is 46.5 Å². The smallest absolute Gasteiger partial charge is 0.435 e. The lowest BCUT2D eigenvalue weighted by molar-refractivity contribution is -0.348. The molecule has 1 N–H and O–H groups in total. The largest absolute Gasteiger partial charge is 0.466 e. The number of carbonyl (C=O) groups excluding carboxylic acids is 2. The van der Waals surface area contributed by atoms with E-state index in [9.17, 15) is 44.7 Å². The van der Waals surface area contributed by atoms with E-state index in [2.05, 4.69) is 5.32 Å². The van der Waals surface area contributed by atoms with Crippen LogP contribution < -0.4 is 10.2 Å². The quantitative estimate of drug-likeness (QED) is 0.336. The summed E-state index contributed by atoms with van der Waals surface area (Å²) in [6, 6.07) is 5.08. The van der Waals surface area contributed by atoms with Crippen LogP contribution in [-0.2, 0) is 15.2 Å². The fourth-order valence-electron chi connectivity index (χ4n) is 3.39. The van der Waals surface area contributed by atoms with Crippen molar-refractivity contribution in [1.29, 1.82) is 0 Å². The summed E-state index contributed by atoms with van der Waals surface area (Å²) in [5, 5.41) is 2.64. The number of halogens is 8. The third-order valence-electron chi connectivity index (χ3n) is 5.22. The molecule has 0 aromatic heterocycles. The molecule has 0 saturated heterocycles. The van der Waals surface area contributed by atoms with E-state index >= 15 is 0 Å². The van der Waals surface area contributed by atoms with E-state index in [0.717, 1.165) is 24.9 Å². The molecule has 0 heterocycles. The average Bonchev–Trinajstić information content (AvgIpc) is 2.77. The van der Waals surface area contributed by atoms with Gasteiger partial charge in [-0.15, -0.1) is 0 Å². The van der Waals surface area contributed by atoms with Gasteiger partial charge in [0.1, 0.15) is 0 Å². The summed E-state index contributed by atoms with van der Waals surface area (Å²) < 4.78 is 112. The Bertz CT molecular complexity index is 1100. The van der Waals surface area contributed by atoms with Gasteiger partial charge in [-0.2, -0.15) is 26.3 Å². The number of nitrogens with zero attached hydrogens (tertiary/aromatic N) is 1.